The minimum absolute atomic E-state index is 0.550. The molecule has 21 heavy (non-hydrogen) atoms. The Hall–Kier alpha value is -0.890. The molecule has 0 fully saturated rings. The average molecular weight is 312 g/mol. The smallest absolute Gasteiger partial charge is 0.139 e. The fraction of sp³-hybridized carbons (Fsp3) is 0.667. The Kier molecular flexibility index (Phi) is 9.32. The third kappa shape index (κ3) is 7.08. The van der Waals surface area contributed by atoms with Crippen LogP contribution in [0.4, 0.5) is 5.69 Å². The van der Waals surface area contributed by atoms with E-state index in [0.717, 1.165) is 11.4 Å². The van der Waals surface area contributed by atoms with Crippen molar-refractivity contribution in [2.24, 2.45) is 0 Å². The normalized spacial score (nSPS) is 10.9. The molecular weight excluding hydrogens is 282 g/mol. The highest BCUT2D eigenvalue weighted by Crippen LogP contribution is 2.28. The largest absolute Gasteiger partial charge is 0.495 e. The van der Waals surface area contributed by atoms with Crippen molar-refractivity contribution in [1.82, 2.24) is 0 Å². The third-order valence-electron chi connectivity index (χ3n) is 3.83. The number of unbranched alkanes of at least 4 members (excludes halogenated alkanes) is 4. The van der Waals surface area contributed by atoms with Crippen LogP contribution in [0.1, 0.15) is 65.2 Å². The molecular formula is C18H30ClNO. The minimum atomic E-state index is 0.550. The maximum atomic E-state index is 6.08. The molecule has 0 heterocycles. The van der Waals surface area contributed by atoms with Crippen LogP contribution in [0.5, 0.6) is 5.75 Å². The van der Waals surface area contributed by atoms with Crippen LogP contribution in [0.3, 0.4) is 0 Å². The zero-order valence-electron chi connectivity index (χ0n) is 13.8. The van der Waals surface area contributed by atoms with Crippen molar-refractivity contribution in [2.45, 2.75) is 71.3 Å². The number of halogens is 1. The summed E-state index contributed by atoms with van der Waals surface area (Å²) < 4.78 is 5.29. The molecule has 0 unspecified atom stereocenters. The van der Waals surface area contributed by atoms with Gasteiger partial charge in [0, 0.05) is 17.8 Å². The molecule has 120 valence electrons. The Balaban J connectivity index is 2.60. The number of nitrogens with one attached hydrogen (secondary N) is 1. The van der Waals surface area contributed by atoms with Crippen molar-refractivity contribution >= 4 is 17.3 Å². The molecule has 0 aromatic heterocycles. The summed E-state index contributed by atoms with van der Waals surface area (Å²) in [4.78, 5) is 0. The van der Waals surface area contributed by atoms with E-state index in [4.69, 9.17) is 16.3 Å². The Labute approximate surface area is 135 Å². The molecule has 0 saturated heterocycles. The van der Waals surface area contributed by atoms with Gasteiger partial charge in [-0.05, 0) is 25.0 Å². The van der Waals surface area contributed by atoms with E-state index in [0.29, 0.717) is 11.1 Å². The van der Waals surface area contributed by atoms with Crippen molar-refractivity contribution in [3.8, 4) is 5.75 Å². The summed E-state index contributed by atoms with van der Waals surface area (Å²) in [6, 6.07) is 6.48. The van der Waals surface area contributed by atoms with Gasteiger partial charge in [0.2, 0.25) is 0 Å². The standard InChI is InChI=1S/C18H30ClNO/c1-4-6-8-10-15(11-9-7-5-2)20-16-12-13-17(19)18(14-16)21-3/h12-15,20H,4-11H2,1-3H3. The van der Waals surface area contributed by atoms with E-state index in [1.54, 1.807) is 7.11 Å². The minimum Gasteiger partial charge on any atom is -0.495 e. The van der Waals surface area contributed by atoms with Gasteiger partial charge in [0.25, 0.3) is 0 Å². The summed E-state index contributed by atoms with van der Waals surface area (Å²) in [7, 11) is 1.66. The summed E-state index contributed by atoms with van der Waals surface area (Å²) in [5.41, 5.74) is 1.11. The van der Waals surface area contributed by atoms with Crippen molar-refractivity contribution in [1.29, 1.82) is 0 Å². The van der Waals surface area contributed by atoms with Gasteiger partial charge in [-0.25, -0.2) is 0 Å². The molecule has 0 amide bonds. The Morgan fingerprint density at radius 2 is 1.67 bits per heavy atom. The van der Waals surface area contributed by atoms with Crippen LogP contribution in [0.2, 0.25) is 5.02 Å². The molecule has 1 aromatic carbocycles. The highest BCUT2D eigenvalue weighted by molar-refractivity contribution is 6.32. The molecule has 0 spiro atoms. The number of ether oxygens (including phenoxy) is 1. The van der Waals surface area contributed by atoms with Gasteiger partial charge < -0.3 is 10.1 Å². The van der Waals surface area contributed by atoms with Crippen LogP contribution in [-0.4, -0.2) is 13.2 Å². The molecule has 2 nitrogen and oxygen atoms in total. The zero-order valence-corrected chi connectivity index (χ0v) is 14.5. The van der Waals surface area contributed by atoms with E-state index in [2.05, 4.69) is 19.2 Å². The summed E-state index contributed by atoms with van der Waals surface area (Å²) >= 11 is 6.08. The van der Waals surface area contributed by atoms with Gasteiger partial charge in [-0.1, -0.05) is 64.0 Å². The van der Waals surface area contributed by atoms with Crippen molar-refractivity contribution in [2.75, 3.05) is 12.4 Å². The highest BCUT2D eigenvalue weighted by Gasteiger charge is 2.10. The molecule has 0 saturated carbocycles. The number of hydrogen-bond donors (Lipinski definition) is 1. The van der Waals surface area contributed by atoms with Crippen LogP contribution in [0.25, 0.3) is 0 Å². The monoisotopic (exact) mass is 311 g/mol. The fourth-order valence-corrected chi connectivity index (χ4v) is 2.75. The molecule has 0 aliphatic rings. The molecule has 0 aliphatic carbocycles. The summed E-state index contributed by atoms with van der Waals surface area (Å²) in [6.07, 6.45) is 10.2. The quantitative estimate of drug-likeness (QED) is 0.485. The molecule has 0 bridgehead atoms. The van der Waals surface area contributed by atoms with Crippen LogP contribution >= 0.6 is 11.6 Å². The third-order valence-corrected chi connectivity index (χ3v) is 4.15. The van der Waals surface area contributed by atoms with Gasteiger partial charge in [-0.2, -0.15) is 0 Å². The SMILES string of the molecule is CCCCCC(CCCCC)Nc1ccc(Cl)c(OC)c1. The Morgan fingerprint density at radius 1 is 1.05 bits per heavy atom. The van der Waals surface area contributed by atoms with E-state index in [1.807, 2.05) is 18.2 Å². The molecule has 0 atom stereocenters. The Morgan fingerprint density at radius 3 is 2.19 bits per heavy atom. The lowest BCUT2D eigenvalue weighted by molar-refractivity contribution is 0.415. The summed E-state index contributed by atoms with van der Waals surface area (Å²) in [5.74, 6) is 0.738. The number of methoxy groups -OCH3 is 1. The van der Waals surface area contributed by atoms with E-state index in [-0.39, 0.29) is 0 Å². The number of hydrogen-bond acceptors (Lipinski definition) is 2. The predicted molar refractivity (Wildman–Crippen MR) is 93.7 cm³/mol. The maximum absolute atomic E-state index is 6.08. The fourth-order valence-electron chi connectivity index (χ4n) is 2.56. The van der Waals surface area contributed by atoms with Gasteiger partial charge in [0.05, 0.1) is 12.1 Å². The van der Waals surface area contributed by atoms with Crippen LogP contribution in [0.15, 0.2) is 18.2 Å². The molecule has 3 heteroatoms. The molecule has 0 aliphatic heterocycles. The van der Waals surface area contributed by atoms with Crippen molar-refractivity contribution in [3.05, 3.63) is 23.2 Å². The second-order valence-electron chi connectivity index (χ2n) is 5.68. The number of rotatable bonds is 11. The zero-order chi connectivity index (χ0) is 15.5. The van der Waals surface area contributed by atoms with Gasteiger partial charge in [0.1, 0.15) is 5.75 Å². The first kappa shape index (κ1) is 18.2. The first-order valence-corrected chi connectivity index (χ1v) is 8.69. The van der Waals surface area contributed by atoms with Crippen LogP contribution < -0.4 is 10.1 Å². The number of anilines is 1. The first-order valence-electron chi connectivity index (χ1n) is 8.31. The topological polar surface area (TPSA) is 21.3 Å². The number of benzene rings is 1. The van der Waals surface area contributed by atoms with Gasteiger partial charge in [-0.3, -0.25) is 0 Å². The van der Waals surface area contributed by atoms with Gasteiger partial charge in [0.15, 0.2) is 0 Å². The lowest BCUT2D eigenvalue weighted by Gasteiger charge is -2.20. The first-order chi connectivity index (χ1) is 10.2. The maximum Gasteiger partial charge on any atom is 0.139 e. The van der Waals surface area contributed by atoms with Gasteiger partial charge in [-0.15, -0.1) is 0 Å². The molecule has 0 radical (unpaired) electrons. The highest BCUT2D eigenvalue weighted by atomic mass is 35.5. The second-order valence-corrected chi connectivity index (χ2v) is 6.09. The molecule has 1 rings (SSSR count). The van der Waals surface area contributed by atoms with Crippen LogP contribution in [0, 0.1) is 0 Å². The lowest BCUT2D eigenvalue weighted by Crippen LogP contribution is -2.19. The van der Waals surface area contributed by atoms with Gasteiger partial charge >= 0.3 is 0 Å². The van der Waals surface area contributed by atoms with Crippen molar-refractivity contribution in [3.63, 3.8) is 0 Å². The predicted octanol–water partition coefficient (Wildman–Crippen LogP) is 6.29. The summed E-state index contributed by atoms with van der Waals surface area (Å²) in [5, 5.41) is 4.32. The second kappa shape index (κ2) is 10.8. The van der Waals surface area contributed by atoms with E-state index < -0.39 is 0 Å². The molecule has 1 N–H and O–H groups in total. The van der Waals surface area contributed by atoms with Crippen LogP contribution in [-0.2, 0) is 0 Å². The average Bonchev–Trinajstić information content (AvgIpc) is 2.49. The summed E-state index contributed by atoms with van der Waals surface area (Å²) in [6.45, 7) is 4.51. The lowest BCUT2D eigenvalue weighted by atomic mass is 10.0. The van der Waals surface area contributed by atoms with E-state index >= 15 is 0 Å². The Bertz CT molecular complexity index is 385. The van der Waals surface area contributed by atoms with E-state index in [9.17, 15) is 0 Å². The molecule has 1 aromatic rings. The van der Waals surface area contributed by atoms with Crippen molar-refractivity contribution < 1.29 is 4.74 Å². The van der Waals surface area contributed by atoms with E-state index in [1.165, 1.54) is 51.4 Å².